The Morgan fingerprint density at radius 1 is 1.44 bits per heavy atom. The van der Waals surface area contributed by atoms with Crippen LogP contribution in [0.15, 0.2) is 22.7 Å². The van der Waals surface area contributed by atoms with Crippen molar-refractivity contribution in [3.63, 3.8) is 0 Å². The van der Waals surface area contributed by atoms with E-state index in [2.05, 4.69) is 21.2 Å². The molecule has 0 aliphatic rings. The third kappa shape index (κ3) is 3.71. The van der Waals surface area contributed by atoms with Crippen LogP contribution in [-0.2, 0) is 4.79 Å². The predicted molar refractivity (Wildman–Crippen MR) is 72.9 cm³/mol. The molecule has 0 unspecified atom stereocenters. The van der Waals surface area contributed by atoms with Crippen LogP contribution >= 0.6 is 27.5 Å². The van der Waals surface area contributed by atoms with Gasteiger partial charge in [0, 0.05) is 16.0 Å². The van der Waals surface area contributed by atoms with Gasteiger partial charge >= 0.3 is 5.97 Å². The minimum atomic E-state index is -1.01. The highest BCUT2D eigenvalue weighted by atomic mass is 79.9. The van der Waals surface area contributed by atoms with Crippen molar-refractivity contribution in [1.29, 1.82) is 0 Å². The molecular weight excluding hydrogens is 321 g/mol. The summed E-state index contributed by atoms with van der Waals surface area (Å²) < 4.78 is 0.609. The molecule has 0 heterocycles. The van der Waals surface area contributed by atoms with E-state index in [1.54, 1.807) is 26.0 Å². The maximum atomic E-state index is 11.9. The third-order valence-electron chi connectivity index (χ3n) is 2.44. The Morgan fingerprint density at radius 3 is 2.61 bits per heavy atom. The number of nitrogens with one attached hydrogen (secondary N) is 1. The van der Waals surface area contributed by atoms with Crippen molar-refractivity contribution in [2.24, 2.45) is 5.41 Å². The highest BCUT2D eigenvalue weighted by Gasteiger charge is 2.27. The van der Waals surface area contributed by atoms with Crippen molar-refractivity contribution in [3.05, 3.63) is 33.3 Å². The number of amides is 1. The number of hydrogen-bond donors (Lipinski definition) is 2. The molecule has 1 amide bonds. The molecule has 0 fully saturated rings. The van der Waals surface area contributed by atoms with Gasteiger partial charge in [-0.15, -0.1) is 0 Å². The van der Waals surface area contributed by atoms with E-state index >= 15 is 0 Å². The number of carboxylic acids is 1. The first kappa shape index (κ1) is 15.0. The second-order valence-electron chi connectivity index (χ2n) is 4.50. The van der Waals surface area contributed by atoms with E-state index in [9.17, 15) is 9.59 Å². The van der Waals surface area contributed by atoms with Gasteiger partial charge in [0.1, 0.15) is 0 Å². The van der Waals surface area contributed by atoms with Crippen molar-refractivity contribution in [2.45, 2.75) is 13.8 Å². The summed E-state index contributed by atoms with van der Waals surface area (Å²) in [5.74, 6) is -1.33. The molecule has 0 saturated carbocycles. The number of aliphatic carboxylic acids is 1. The number of carboxylic acid groups (broad SMARTS) is 1. The second-order valence-corrected chi connectivity index (χ2v) is 5.79. The first-order valence-electron chi connectivity index (χ1n) is 5.20. The Balaban J connectivity index is 2.78. The number of carbonyl (C=O) groups is 2. The summed E-state index contributed by atoms with van der Waals surface area (Å²) in [6.45, 7) is 3.13. The minimum absolute atomic E-state index is 0.0418. The van der Waals surface area contributed by atoms with Gasteiger partial charge < -0.3 is 10.4 Å². The van der Waals surface area contributed by atoms with Crippen LogP contribution in [0, 0.1) is 5.41 Å². The zero-order valence-corrected chi connectivity index (χ0v) is 12.3. The van der Waals surface area contributed by atoms with Gasteiger partial charge in [-0.05, 0) is 48.0 Å². The molecule has 0 saturated heterocycles. The van der Waals surface area contributed by atoms with Crippen molar-refractivity contribution >= 4 is 39.4 Å². The molecule has 1 aromatic carbocycles. The Bertz CT molecular complexity index is 488. The normalized spacial score (nSPS) is 11.1. The lowest BCUT2D eigenvalue weighted by Gasteiger charge is -2.19. The highest BCUT2D eigenvalue weighted by molar-refractivity contribution is 9.10. The maximum Gasteiger partial charge on any atom is 0.310 e. The first-order chi connectivity index (χ1) is 8.24. The zero-order chi connectivity index (χ0) is 13.9. The van der Waals surface area contributed by atoms with Crippen molar-refractivity contribution < 1.29 is 14.7 Å². The number of carbonyl (C=O) groups excluding carboxylic acids is 1. The number of benzene rings is 1. The molecule has 0 bridgehead atoms. The molecule has 98 valence electrons. The smallest absolute Gasteiger partial charge is 0.310 e. The Hall–Kier alpha value is -1.07. The fraction of sp³-hybridized carbons (Fsp3) is 0.333. The number of hydrogen-bond acceptors (Lipinski definition) is 2. The summed E-state index contributed by atoms with van der Waals surface area (Å²) in [6, 6.07) is 4.85. The average molecular weight is 335 g/mol. The molecule has 0 radical (unpaired) electrons. The third-order valence-corrected chi connectivity index (χ3v) is 3.37. The molecule has 1 aromatic rings. The van der Waals surface area contributed by atoms with Gasteiger partial charge in [-0.2, -0.15) is 0 Å². The maximum absolute atomic E-state index is 11.9. The van der Waals surface area contributed by atoms with E-state index in [4.69, 9.17) is 16.7 Å². The Labute approximate surface area is 118 Å². The molecular formula is C12H13BrClNO3. The molecule has 6 heteroatoms. The topological polar surface area (TPSA) is 66.4 Å². The second kappa shape index (κ2) is 5.71. The standard InChI is InChI=1S/C12H13BrClNO3/c1-12(2,11(17)18)6-15-10(16)8-5-7(14)3-4-9(8)13/h3-5H,6H2,1-2H3,(H,15,16)(H,17,18). The molecule has 0 atom stereocenters. The average Bonchev–Trinajstić information content (AvgIpc) is 2.29. The quantitative estimate of drug-likeness (QED) is 0.889. The zero-order valence-electron chi connectivity index (χ0n) is 9.96. The summed E-state index contributed by atoms with van der Waals surface area (Å²) in [7, 11) is 0. The van der Waals surface area contributed by atoms with Gasteiger partial charge in [0.05, 0.1) is 11.0 Å². The van der Waals surface area contributed by atoms with E-state index in [-0.39, 0.29) is 12.5 Å². The molecule has 1 rings (SSSR count). The fourth-order valence-corrected chi connectivity index (χ4v) is 1.74. The van der Waals surface area contributed by atoms with Gasteiger partial charge in [-0.3, -0.25) is 9.59 Å². The lowest BCUT2D eigenvalue weighted by atomic mass is 9.94. The molecule has 0 spiro atoms. The summed E-state index contributed by atoms with van der Waals surface area (Å²) in [6.07, 6.45) is 0. The number of rotatable bonds is 4. The SMILES string of the molecule is CC(C)(CNC(=O)c1cc(Cl)ccc1Br)C(=O)O. The first-order valence-corrected chi connectivity index (χ1v) is 6.38. The largest absolute Gasteiger partial charge is 0.481 e. The van der Waals surface area contributed by atoms with Gasteiger partial charge in [-0.1, -0.05) is 11.6 Å². The van der Waals surface area contributed by atoms with Crippen LogP contribution in [0.3, 0.4) is 0 Å². The Kier molecular flexibility index (Phi) is 4.76. The predicted octanol–water partition coefficient (Wildman–Crippen LogP) is 2.94. The Morgan fingerprint density at radius 2 is 2.06 bits per heavy atom. The molecule has 2 N–H and O–H groups in total. The summed E-state index contributed by atoms with van der Waals surface area (Å²) >= 11 is 9.05. The monoisotopic (exact) mass is 333 g/mol. The van der Waals surface area contributed by atoms with Crippen LogP contribution < -0.4 is 5.32 Å². The van der Waals surface area contributed by atoms with Gasteiger partial charge in [0.2, 0.25) is 0 Å². The minimum Gasteiger partial charge on any atom is -0.481 e. The van der Waals surface area contributed by atoms with E-state index in [1.165, 1.54) is 6.07 Å². The van der Waals surface area contributed by atoms with Gasteiger partial charge in [-0.25, -0.2) is 0 Å². The van der Waals surface area contributed by atoms with Gasteiger partial charge in [0.15, 0.2) is 0 Å². The van der Waals surface area contributed by atoms with Crippen molar-refractivity contribution in [3.8, 4) is 0 Å². The summed E-state index contributed by atoms with van der Waals surface area (Å²) in [5, 5.41) is 12.0. The van der Waals surface area contributed by atoms with Crippen molar-refractivity contribution in [2.75, 3.05) is 6.54 Å². The van der Waals surface area contributed by atoms with Crippen LogP contribution in [0.25, 0.3) is 0 Å². The molecule has 4 nitrogen and oxygen atoms in total. The van der Waals surface area contributed by atoms with Crippen LogP contribution in [0.1, 0.15) is 24.2 Å². The highest BCUT2D eigenvalue weighted by Crippen LogP contribution is 2.21. The van der Waals surface area contributed by atoms with Gasteiger partial charge in [0.25, 0.3) is 5.91 Å². The van der Waals surface area contributed by atoms with E-state index < -0.39 is 11.4 Å². The lowest BCUT2D eigenvalue weighted by Crippen LogP contribution is -2.39. The molecule has 0 aliphatic carbocycles. The molecule has 0 aliphatic heterocycles. The summed E-state index contributed by atoms with van der Waals surface area (Å²) in [5.41, 5.74) is -0.635. The van der Waals surface area contributed by atoms with E-state index in [1.807, 2.05) is 0 Å². The van der Waals surface area contributed by atoms with Crippen LogP contribution in [0.4, 0.5) is 0 Å². The van der Waals surface area contributed by atoms with Crippen LogP contribution in [0.5, 0.6) is 0 Å². The van der Waals surface area contributed by atoms with E-state index in [0.717, 1.165) is 0 Å². The number of halogens is 2. The fourth-order valence-electron chi connectivity index (χ4n) is 1.14. The van der Waals surface area contributed by atoms with Crippen LogP contribution in [0.2, 0.25) is 5.02 Å². The molecule has 18 heavy (non-hydrogen) atoms. The van der Waals surface area contributed by atoms with Crippen molar-refractivity contribution in [1.82, 2.24) is 5.32 Å². The summed E-state index contributed by atoms with van der Waals surface area (Å²) in [4.78, 5) is 22.8. The molecule has 0 aromatic heterocycles. The lowest BCUT2D eigenvalue weighted by molar-refractivity contribution is -0.146. The van der Waals surface area contributed by atoms with E-state index in [0.29, 0.717) is 15.1 Å². The van der Waals surface area contributed by atoms with Crippen LogP contribution in [-0.4, -0.2) is 23.5 Å².